The zero-order valence-corrected chi connectivity index (χ0v) is 12.5. The first-order valence-corrected chi connectivity index (χ1v) is 7.31. The Labute approximate surface area is 121 Å². The van der Waals surface area contributed by atoms with Gasteiger partial charge in [0.25, 0.3) is 0 Å². The molecule has 0 bridgehead atoms. The van der Waals surface area contributed by atoms with Crippen molar-refractivity contribution >= 4 is 5.78 Å². The van der Waals surface area contributed by atoms with Crippen LogP contribution in [0, 0.1) is 6.92 Å². The number of benzene rings is 2. The van der Waals surface area contributed by atoms with Crippen LogP contribution < -0.4 is 0 Å². The number of ketones is 1. The molecule has 2 aromatic carbocycles. The average Bonchev–Trinajstić information content (AvgIpc) is 2.50. The Hall–Kier alpha value is -1.89. The molecule has 0 spiro atoms. The molecule has 0 saturated carbocycles. The van der Waals surface area contributed by atoms with Crippen LogP contribution in [-0.4, -0.2) is 5.78 Å². The standard InChI is InChI=1S/C19H22O/c1-4-19(5-2,16-12-7-6-8-13-16)18(20)17-14-10-9-11-15(17)3/h6-14H,4-5H2,1-3H3. The highest BCUT2D eigenvalue weighted by molar-refractivity contribution is 6.05. The number of hydrogen-bond donors (Lipinski definition) is 0. The summed E-state index contributed by atoms with van der Waals surface area (Å²) in [5.41, 5.74) is 2.62. The summed E-state index contributed by atoms with van der Waals surface area (Å²) in [4.78, 5) is 13.2. The van der Waals surface area contributed by atoms with E-state index in [4.69, 9.17) is 0 Å². The quantitative estimate of drug-likeness (QED) is 0.701. The molecular weight excluding hydrogens is 244 g/mol. The molecule has 2 rings (SSSR count). The van der Waals surface area contributed by atoms with Gasteiger partial charge in [-0.2, -0.15) is 0 Å². The van der Waals surface area contributed by atoms with Gasteiger partial charge in [-0.1, -0.05) is 68.4 Å². The molecule has 0 aliphatic rings. The number of aryl methyl sites for hydroxylation is 1. The van der Waals surface area contributed by atoms with Gasteiger partial charge < -0.3 is 0 Å². The van der Waals surface area contributed by atoms with Crippen LogP contribution in [0.15, 0.2) is 54.6 Å². The highest BCUT2D eigenvalue weighted by atomic mass is 16.1. The maximum Gasteiger partial charge on any atom is 0.173 e. The summed E-state index contributed by atoms with van der Waals surface area (Å²) in [7, 11) is 0. The Bertz CT molecular complexity index is 580. The molecule has 0 aromatic heterocycles. The molecule has 0 saturated heterocycles. The fourth-order valence-corrected chi connectivity index (χ4v) is 2.95. The number of carbonyl (C=O) groups is 1. The molecule has 0 amide bonds. The molecule has 0 aliphatic heterocycles. The number of carbonyl (C=O) groups excluding carboxylic acids is 1. The van der Waals surface area contributed by atoms with E-state index in [0.717, 1.165) is 29.5 Å². The minimum Gasteiger partial charge on any atom is -0.293 e. The zero-order valence-electron chi connectivity index (χ0n) is 12.5. The summed E-state index contributed by atoms with van der Waals surface area (Å²) in [5.74, 6) is 0.242. The largest absolute Gasteiger partial charge is 0.293 e. The second-order valence-corrected chi connectivity index (χ2v) is 5.30. The molecule has 0 aliphatic carbocycles. The van der Waals surface area contributed by atoms with E-state index >= 15 is 0 Å². The van der Waals surface area contributed by atoms with Gasteiger partial charge in [0.05, 0.1) is 5.41 Å². The Morgan fingerprint density at radius 3 is 2.00 bits per heavy atom. The van der Waals surface area contributed by atoms with E-state index in [1.165, 1.54) is 0 Å². The predicted molar refractivity (Wildman–Crippen MR) is 84.2 cm³/mol. The van der Waals surface area contributed by atoms with Gasteiger partial charge in [0.2, 0.25) is 0 Å². The second-order valence-electron chi connectivity index (χ2n) is 5.30. The summed E-state index contributed by atoms with van der Waals surface area (Å²) in [6.07, 6.45) is 1.64. The van der Waals surface area contributed by atoms with Gasteiger partial charge in [-0.05, 0) is 30.9 Å². The van der Waals surface area contributed by atoms with Crippen LogP contribution >= 0.6 is 0 Å². The minimum atomic E-state index is -0.409. The van der Waals surface area contributed by atoms with Crippen LogP contribution in [0.2, 0.25) is 0 Å². The Morgan fingerprint density at radius 2 is 1.45 bits per heavy atom. The van der Waals surface area contributed by atoms with Crippen molar-refractivity contribution in [3.8, 4) is 0 Å². The van der Waals surface area contributed by atoms with E-state index in [-0.39, 0.29) is 5.78 Å². The van der Waals surface area contributed by atoms with Gasteiger partial charge in [0.15, 0.2) is 5.78 Å². The summed E-state index contributed by atoms with van der Waals surface area (Å²) < 4.78 is 0. The fraction of sp³-hybridized carbons (Fsp3) is 0.316. The van der Waals surface area contributed by atoms with Crippen LogP contribution in [-0.2, 0) is 5.41 Å². The van der Waals surface area contributed by atoms with Crippen molar-refractivity contribution in [2.75, 3.05) is 0 Å². The molecule has 20 heavy (non-hydrogen) atoms. The molecular formula is C19H22O. The van der Waals surface area contributed by atoms with E-state index in [2.05, 4.69) is 26.0 Å². The van der Waals surface area contributed by atoms with E-state index in [1.54, 1.807) is 0 Å². The van der Waals surface area contributed by atoms with E-state index in [1.807, 2.05) is 49.4 Å². The van der Waals surface area contributed by atoms with Crippen molar-refractivity contribution < 1.29 is 4.79 Å². The lowest BCUT2D eigenvalue weighted by atomic mass is 9.70. The van der Waals surface area contributed by atoms with Crippen LogP contribution in [0.25, 0.3) is 0 Å². The second kappa shape index (κ2) is 6.04. The molecule has 0 fully saturated rings. The zero-order chi connectivity index (χ0) is 14.6. The lowest BCUT2D eigenvalue weighted by Crippen LogP contribution is -2.35. The predicted octanol–water partition coefficient (Wildman–Crippen LogP) is 4.94. The van der Waals surface area contributed by atoms with Gasteiger partial charge in [0, 0.05) is 5.56 Å². The topological polar surface area (TPSA) is 17.1 Å². The van der Waals surface area contributed by atoms with Crippen molar-refractivity contribution in [3.05, 3.63) is 71.3 Å². The van der Waals surface area contributed by atoms with Crippen LogP contribution in [0.3, 0.4) is 0 Å². The SMILES string of the molecule is CCC(CC)(C(=O)c1ccccc1C)c1ccccc1. The van der Waals surface area contributed by atoms with Gasteiger partial charge in [-0.3, -0.25) is 4.79 Å². The molecule has 1 heteroatoms. The maximum absolute atomic E-state index is 13.2. The van der Waals surface area contributed by atoms with Gasteiger partial charge in [-0.25, -0.2) is 0 Å². The van der Waals surface area contributed by atoms with Gasteiger partial charge >= 0.3 is 0 Å². The highest BCUT2D eigenvalue weighted by Crippen LogP contribution is 2.35. The number of rotatable bonds is 5. The Morgan fingerprint density at radius 1 is 0.900 bits per heavy atom. The Kier molecular flexibility index (Phi) is 4.39. The lowest BCUT2D eigenvalue weighted by Gasteiger charge is -2.31. The van der Waals surface area contributed by atoms with E-state index in [0.29, 0.717) is 0 Å². The van der Waals surface area contributed by atoms with Gasteiger partial charge in [0.1, 0.15) is 0 Å². The fourth-order valence-electron chi connectivity index (χ4n) is 2.95. The molecule has 0 heterocycles. The molecule has 0 atom stereocenters. The normalized spacial score (nSPS) is 11.3. The third-order valence-electron chi connectivity index (χ3n) is 4.36. The summed E-state index contributed by atoms with van der Waals surface area (Å²) >= 11 is 0. The van der Waals surface area contributed by atoms with E-state index in [9.17, 15) is 4.79 Å². The molecule has 104 valence electrons. The van der Waals surface area contributed by atoms with Crippen molar-refractivity contribution in [2.24, 2.45) is 0 Å². The first-order chi connectivity index (χ1) is 9.65. The third kappa shape index (κ3) is 2.40. The first-order valence-electron chi connectivity index (χ1n) is 7.31. The summed E-state index contributed by atoms with van der Waals surface area (Å²) in [6, 6.07) is 18.1. The summed E-state index contributed by atoms with van der Waals surface area (Å²) in [6.45, 7) is 6.22. The monoisotopic (exact) mass is 266 g/mol. The third-order valence-corrected chi connectivity index (χ3v) is 4.36. The highest BCUT2D eigenvalue weighted by Gasteiger charge is 2.37. The molecule has 0 unspecified atom stereocenters. The number of hydrogen-bond acceptors (Lipinski definition) is 1. The minimum absolute atomic E-state index is 0.242. The van der Waals surface area contributed by atoms with Crippen molar-refractivity contribution in [3.63, 3.8) is 0 Å². The molecule has 0 N–H and O–H groups in total. The van der Waals surface area contributed by atoms with Crippen molar-refractivity contribution in [1.82, 2.24) is 0 Å². The van der Waals surface area contributed by atoms with Gasteiger partial charge in [-0.15, -0.1) is 0 Å². The average molecular weight is 266 g/mol. The number of Topliss-reactive ketones (excluding diaryl/α,β-unsaturated/α-hetero) is 1. The van der Waals surface area contributed by atoms with Crippen LogP contribution in [0.1, 0.15) is 48.2 Å². The van der Waals surface area contributed by atoms with Crippen LogP contribution in [0.4, 0.5) is 0 Å². The summed E-state index contributed by atoms with van der Waals surface area (Å²) in [5, 5.41) is 0. The smallest absolute Gasteiger partial charge is 0.173 e. The lowest BCUT2D eigenvalue weighted by molar-refractivity contribution is 0.0872. The van der Waals surface area contributed by atoms with E-state index < -0.39 is 5.41 Å². The molecule has 0 radical (unpaired) electrons. The van der Waals surface area contributed by atoms with Crippen molar-refractivity contribution in [1.29, 1.82) is 0 Å². The van der Waals surface area contributed by atoms with Crippen molar-refractivity contribution in [2.45, 2.75) is 39.0 Å². The molecule has 1 nitrogen and oxygen atoms in total. The maximum atomic E-state index is 13.2. The Balaban J connectivity index is 2.54. The van der Waals surface area contributed by atoms with Crippen LogP contribution in [0.5, 0.6) is 0 Å². The molecule has 2 aromatic rings. The first kappa shape index (κ1) is 14.5.